The highest BCUT2D eigenvalue weighted by atomic mass is 32.2. The molecule has 0 aromatic heterocycles. The van der Waals surface area contributed by atoms with Gasteiger partial charge in [0.2, 0.25) is 15.8 Å². The maximum Gasteiger partial charge on any atom is 0.304 e. The Kier molecular flexibility index (Phi) is 3.79. The third kappa shape index (κ3) is 2.96. The molecule has 0 aliphatic heterocycles. The maximum atomic E-state index is 13.5. The fraction of sp³-hybridized carbons (Fsp3) is 0.500. The van der Waals surface area contributed by atoms with Crippen molar-refractivity contribution in [3.05, 3.63) is 34.1 Å². The number of hydrogen-bond acceptors (Lipinski definition) is 4. The first-order valence-corrected chi connectivity index (χ1v) is 7.70. The van der Waals surface area contributed by atoms with E-state index in [0.29, 0.717) is 6.07 Å². The second-order valence-corrected chi connectivity index (χ2v) is 6.93. The van der Waals surface area contributed by atoms with E-state index in [-0.39, 0.29) is 4.90 Å². The molecule has 6 nitrogen and oxygen atoms in total. The van der Waals surface area contributed by atoms with E-state index in [1.807, 2.05) is 0 Å². The summed E-state index contributed by atoms with van der Waals surface area (Å²) < 4.78 is 40.4. The average Bonchev–Trinajstić information content (AvgIpc) is 2.74. The molecule has 2 rings (SSSR count). The summed E-state index contributed by atoms with van der Waals surface area (Å²) in [7, 11) is -3.88. The van der Waals surface area contributed by atoms with Gasteiger partial charge in [0.15, 0.2) is 0 Å². The second kappa shape index (κ2) is 5.10. The lowest BCUT2D eigenvalue weighted by Gasteiger charge is -2.24. The molecular weight excluding hydrogens is 287 g/mol. The number of nitrogens with zero attached hydrogens (tertiary/aromatic N) is 1. The predicted octanol–water partition coefficient (Wildman–Crippen LogP) is 2.34. The van der Waals surface area contributed by atoms with Crippen molar-refractivity contribution in [1.29, 1.82) is 0 Å². The molecule has 1 saturated carbocycles. The minimum atomic E-state index is -3.88. The van der Waals surface area contributed by atoms with E-state index in [1.165, 1.54) is 0 Å². The highest BCUT2D eigenvalue weighted by molar-refractivity contribution is 7.89. The van der Waals surface area contributed by atoms with Gasteiger partial charge in [-0.3, -0.25) is 10.1 Å². The zero-order valence-corrected chi connectivity index (χ0v) is 11.7. The molecule has 0 atom stereocenters. The summed E-state index contributed by atoms with van der Waals surface area (Å²) in [5, 5.41) is 10.5. The van der Waals surface area contributed by atoms with Gasteiger partial charge in [-0.2, -0.15) is 4.39 Å². The Morgan fingerprint density at radius 1 is 1.35 bits per heavy atom. The maximum absolute atomic E-state index is 13.5. The molecule has 0 radical (unpaired) electrons. The largest absolute Gasteiger partial charge is 0.304 e. The van der Waals surface area contributed by atoms with Crippen LogP contribution in [0, 0.1) is 15.9 Å². The van der Waals surface area contributed by atoms with Gasteiger partial charge in [0.25, 0.3) is 0 Å². The van der Waals surface area contributed by atoms with Crippen LogP contribution in [0.1, 0.15) is 32.6 Å². The molecule has 0 heterocycles. The highest BCUT2D eigenvalue weighted by Gasteiger charge is 2.34. The fourth-order valence-electron chi connectivity index (χ4n) is 2.44. The van der Waals surface area contributed by atoms with Gasteiger partial charge in [0.05, 0.1) is 9.82 Å². The normalized spacial score (nSPS) is 18.1. The van der Waals surface area contributed by atoms with Crippen molar-refractivity contribution in [2.24, 2.45) is 0 Å². The molecule has 20 heavy (non-hydrogen) atoms. The Hall–Kier alpha value is -1.54. The molecule has 1 N–H and O–H groups in total. The van der Waals surface area contributed by atoms with Crippen LogP contribution in [0.25, 0.3) is 0 Å². The molecule has 1 aromatic rings. The first kappa shape index (κ1) is 14.9. The Morgan fingerprint density at radius 3 is 2.45 bits per heavy atom. The lowest BCUT2D eigenvalue weighted by Crippen LogP contribution is -2.43. The molecule has 1 aliphatic rings. The summed E-state index contributed by atoms with van der Waals surface area (Å²) in [5.41, 5.74) is -1.27. The van der Waals surface area contributed by atoms with Crippen LogP contribution < -0.4 is 4.72 Å². The van der Waals surface area contributed by atoms with Crippen LogP contribution in [0.2, 0.25) is 0 Å². The zero-order valence-electron chi connectivity index (χ0n) is 10.9. The van der Waals surface area contributed by atoms with Gasteiger partial charge in [0, 0.05) is 17.7 Å². The molecule has 110 valence electrons. The molecule has 1 fully saturated rings. The van der Waals surface area contributed by atoms with E-state index < -0.39 is 32.0 Å². The van der Waals surface area contributed by atoms with Crippen LogP contribution in [0.4, 0.5) is 10.1 Å². The predicted molar refractivity (Wildman–Crippen MR) is 70.2 cm³/mol. The Balaban J connectivity index is 2.30. The van der Waals surface area contributed by atoms with Crippen molar-refractivity contribution < 1.29 is 17.7 Å². The Morgan fingerprint density at radius 2 is 1.95 bits per heavy atom. The summed E-state index contributed by atoms with van der Waals surface area (Å²) in [6, 6.07) is 2.58. The number of sulfonamides is 1. The topological polar surface area (TPSA) is 89.3 Å². The lowest BCUT2D eigenvalue weighted by molar-refractivity contribution is -0.387. The minimum Gasteiger partial charge on any atom is -0.258 e. The number of hydrogen-bond donors (Lipinski definition) is 1. The zero-order chi connectivity index (χ0) is 15.0. The SMILES string of the molecule is CC1(NS(=O)(=O)c2ccc([N+](=O)[O-])c(F)c2)CCCC1. The molecule has 0 unspecified atom stereocenters. The summed E-state index contributed by atoms with van der Waals surface area (Å²) in [6.45, 7) is 1.80. The van der Waals surface area contributed by atoms with Crippen molar-refractivity contribution in [3.8, 4) is 0 Å². The highest BCUT2D eigenvalue weighted by Crippen LogP contribution is 2.31. The molecule has 8 heteroatoms. The van der Waals surface area contributed by atoms with Gasteiger partial charge < -0.3 is 0 Å². The number of rotatable bonds is 4. The molecule has 0 saturated heterocycles. The summed E-state index contributed by atoms with van der Waals surface area (Å²) in [5.74, 6) is -1.16. The first-order chi connectivity index (χ1) is 9.23. The third-order valence-electron chi connectivity index (χ3n) is 3.51. The van der Waals surface area contributed by atoms with Crippen LogP contribution in [-0.2, 0) is 10.0 Å². The van der Waals surface area contributed by atoms with Crippen molar-refractivity contribution in [2.45, 2.75) is 43.0 Å². The second-order valence-electron chi connectivity index (χ2n) is 5.24. The van der Waals surface area contributed by atoms with E-state index in [0.717, 1.165) is 37.8 Å². The van der Waals surface area contributed by atoms with Crippen LogP contribution in [0.3, 0.4) is 0 Å². The summed E-state index contributed by atoms with van der Waals surface area (Å²) in [6.07, 6.45) is 3.32. The standard InChI is InChI=1S/C12H15FN2O4S/c1-12(6-2-3-7-12)14-20(18,19)9-4-5-11(15(16)17)10(13)8-9/h4-5,8,14H,2-3,6-7H2,1H3. The van der Waals surface area contributed by atoms with E-state index >= 15 is 0 Å². The molecule has 0 spiro atoms. The minimum absolute atomic E-state index is 0.297. The number of benzene rings is 1. The van der Waals surface area contributed by atoms with E-state index in [9.17, 15) is 22.9 Å². The molecular formula is C12H15FN2O4S. The van der Waals surface area contributed by atoms with Gasteiger partial charge in [-0.15, -0.1) is 0 Å². The summed E-state index contributed by atoms with van der Waals surface area (Å²) in [4.78, 5) is 9.32. The van der Waals surface area contributed by atoms with Gasteiger partial charge in [0.1, 0.15) is 0 Å². The molecule has 1 aromatic carbocycles. The van der Waals surface area contributed by atoms with Gasteiger partial charge >= 0.3 is 5.69 Å². The molecule has 0 amide bonds. The van der Waals surface area contributed by atoms with E-state index in [4.69, 9.17) is 0 Å². The smallest absolute Gasteiger partial charge is 0.258 e. The van der Waals surface area contributed by atoms with Crippen LogP contribution in [0.5, 0.6) is 0 Å². The number of nitrogens with one attached hydrogen (secondary N) is 1. The van der Waals surface area contributed by atoms with Gasteiger partial charge in [-0.05, 0) is 25.8 Å². The molecule has 1 aliphatic carbocycles. The number of nitro groups is 1. The quantitative estimate of drug-likeness (QED) is 0.683. The van der Waals surface area contributed by atoms with Crippen molar-refractivity contribution in [2.75, 3.05) is 0 Å². The van der Waals surface area contributed by atoms with Gasteiger partial charge in [-0.1, -0.05) is 12.8 Å². The van der Waals surface area contributed by atoms with Crippen molar-refractivity contribution in [3.63, 3.8) is 0 Å². The third-order valence-corrected chi connectivity index (χ3v) is 5.15. The monoisotopic (exact) mass is 302 g/mol. The van der Waals surface area contributed by atoms with Crippen LogP contribution >= 0.6 is 0 Å². The summed E-state index contributed by atoms with van der Waals surface area (Å²) >= 11 is 0. The Bertz CT molecular complexity index is 639. The van der Waals surface area contributed by atoms with E-state index in [1.54, 1.807) is 6.92 Å². The van der Waals surface area contributed by atoms with Crippen molar-refractivity contribution in [1.82, 2.24) is 4.72 Å². The number of nitro benzene ring substituents is 1. The Labute approximate surface area is 116 Å². The van der Waals surface area contributed by atoms with Crippen LogP contribution in [0.15, 0.2) is 23.1 Å². The molecule has 0 bridgehead atoms. The lowest BCUT2D eigenvalue weighted by atomic mass is 10.0. The van der Waals surface area contributed by atoms with Gasteiger partial charge in [-0.25, -0.2) is 13.1 Å². The fourth-order valence-corrected chi connectivity index (χ4v) is 3.92. The van der Waals surface area contributed by atoms with E-state index in [2.05, 4.69) is 4.72 Å². The van der Waals surface area contributed by atoms with Crippen molar-refractivity contribution >= 4 is 15.7 Å². The average molecular weight is 302 g/mol. The first-order valence-electron chi connectivity index (χ1n) is 6.21. The van der Waals surface area contributed by atoms with Crippen LogP contribution in [-0.4, -0.2) is 18.9 Å². The number of halogens is 1.